The van der Waals surface area contributed by atoms with Gasteiger partial charge in [0.15, 0.2) is 6.19 Å². The third-order valence-corrected chi connectivity index (χ3v) is 0.742. The van der Waals surface area contributed by atoms with Gasteiger partial charge in [-0.1, -0.05) is 0 Å². The van der Waals surface area contributed by atoms with Gasteiger partial charge in [0.25, 0.3) is 0 Å². The van der Waals surface area contributed by atoms with Crippen molar-refractivity contribution in [3.05, 3.63) is 0 Å². The largest absolute Gasteiger partial charge is 0.304 e. The molecule has 1 fully saturated rings. The van der Waals surface area contributed by atoms with Crippen molar-refractivity contribution in [3.63, 3.8) is 0 Å². The molecule has 0 aromatic rings. The van der Waals surface area contributed by atoms with Crippen LogP contribution >= 0.6 is 0 Å². The molecule has 0 atom stereocenters. The van der Waals surface area contributed by atoms with Crippen LogP contribution in [0.4, 0.5) is 0 Å². The fourth-order valence-electron chi connectivity index (χ4n) is 0.443. The Morgan fingerprint density at radius 1 is 1.86 bits per heavy atom. The maximum Gasteiger partial charge on any atom is 0.304 e. The molecule has 0 aliphatic carbocycles. The first-order chi connectivity index (χ1) is 3.43. The molecule has 4 heteroatoms. The molecule has 1 rings (SSSR count). The van der Waals surface area contributed by atoms with Crippen LogP contribution in [0.25, 0.3) is 0 Å². The van der Waals surface area contributed by atoms with Crippen LogP contribution in [0.2, 0.25) is 6.32 Å². The van der Waals surface area contributed by atoms with Gasteiger partial charge in [0, 0.05) is 0 Å². The lowest BCUT2D eigenvalue weighted by Crippen LogP contribution is -2.11. The second kappa shape index (κ2) is 1.85. The minimum absolute atomic E-state index is 0.646. The van der Waals surface area contributed by atoms with Gasteiger partial charge < -0.3 is 0 Å². The molecule has 1 saturated heterocycles. The predicted octanol–water partition coefficient (Wildman–Crippen LogP) is -0.248. The molecule has 3 nitrogen and oxygen atoms in total. The highest BCUT2D eigenvalue weighted by atomic mass is 16.7. The fourth-order valence-corrected chi connectivity index (χ4v) is 0.443. The lowest BCUT2D eigenvalue weighted by molar-refractivity contribution is -0.0122. The number of hydroxylamine groups is 1. The molecule has 0 saturated carbocycles. The van der Waals surface area contributed by atoms with Crippen LogP contribution in [0.15, 0.2) is 0 Å². The van der Waals surface area contributed by atoms with Gasteiger partial charge in [0.2, 0.25) is 0 Å². The number of hydrogen-bond donors (Lipinski definition) is 0. The highest BCUT2D eigenvalue weighted by Crippen LogP contribution is 1.98. The zero-order valence-corrected chi connectivity index (χ0v) is 3.79. The molecular weight excluding hydrogens is 90.9 g/mol. The molecule has 0 aromatic heterocycles. The second-order valence-electron chi connectivity index (χ2n) is 1.23. The quantitative estimate of drug-likeness (QED) is 0.307. The molecule has 1 radical (unpaired) electrons. The molecule has 1 aliphatic rings. The third-order valence-electron chi connectivity index (χ3n) is 0.742. The molecule has 7 heavy (non-hydrogen) atoms. The van der Waals surface area contributed by atoms with E-state index in [2.05, 4.69) is 0 Å². The van der Waals surface area contributed by atoms with E-state index in [0.717, 1.165) is 6.32 Å². The Balaban J connectivity index is 2.31. The fraction of sp³-hybridized carbons (Fsp3) is 0.667. The standard InChI is InChI=1S/C3H4BN2O/c5-3-6-4-1-2-7-6/h1-2H2. The van der Waals surface area contributed by atoms with Crippen molar-refractivity contribution < 1.29 is 4.84 Å². The van der Waals surface area contributed by atoms with Crippen molar-refractivity contribution in [2.45, 2.75) is 6.32 Å². The molecule has 1 aliphatic heterocycles. The zero-order valence-electron chi connectivity index (χ0n) is 3.79. The minimum Gasteiger partial charge on any atom is -0.279 e. The van der Waals surface area contributed by atoms with Gasteiger partial charge in [0.1, 0.15) is 0 Å². The van der Waals surface area contributed by atoms with Gasteiger partial charge in [-0.25, -0.2) is 4.97 Å². The van der Waals surface area contributed by atoms with E-state index >= 15 is 0 Å². The Bertz CT molecular complexity index is 93.6. The summed E-state index contributed by atoms with van der Waals surface area (Å²) in [6.45, 7) is 0.646. The SMILES string of the molecule is N#CN1[B]CCO1. The first-order valence-corrected chi connectivity index (χ1v) is 2.08. The minimum atomic E-state index is 0.646. The van der Waals surface area contributed by atoms with Crippen molar-refractivity contribution in [2.24, 2.45) is 0 Å². The number of rotatable bonds is 0. The van der Waals surface area contributed by atoms with Crippen LogP contribution in [0.5, 0.6) is 0 Å². The molecule has 35 valence electrons. The summed E-state index contributed by atoms with van der Waals surface area (Å²) >= 11 is 0. The Morgan fingerprint density at radius 2 is 2.71 bits per heavy atom. The maximum atomic E-state index is 8.09. The van der Waals surface area contributed by atoms with Gasteiger partial charge in [-0.05, 0) is 6.32 Å². The highest BCUT2D eigenvalue weighted by molar-refractivity contribution is 6.32. The summed E-state index contributed by atoms with van der Waals surface area (Å²) in [7, 11) is 1.71. The van der Waals surface area contributed by atoms with Crippen molar-refractivity contribution >= 4 is 7.41 Å². The lowest BCUT2D eigenvalue weighted by Gasteiger charge is -1.99. The topological polar surface area (TPSA) is 36.3 Å². The number of nitriles is 1. The average molecular weight is 94.9 g/mol. The van der Waals surface area contributed by atoms with E-state index in [1.165, 1.54) is 4.97 Å². The van der Waals surface area contributed by atoms with E-state index in [4.69, 9.17) is 10.1 Å². The number of nitrogens with zero attached hydrogens (tertiary/aromatic N) is 2. The molecule has 0 bridgehead atoms. The van der Waals surface area contributed by atoms with E-state index < -0.39 is 0 Å². The molecule has 1 heterocycles. The smallest absolute Gasteiger partial charge is 0.279 e. The van der Waals surface area contributed by atoms with Crippen LogP contribution < -0.4 is 0 Å². The summed E-state index contributed by atoms with van der Waals surface area (Å²) in [6, 6.07) is 0. The van der Waals surface area contributed by atoms with E-state index in [0.29, 0.717) is 6.61 Å². The van der Waals surface area contributed by atoms with Crippen LogP contribution in [0.3, 0.4) is 0 Å². The Labute approximate surface area is 42.7 Å². The van der Waals surface area contributed by atoms with Gasteiger partial charge in [-0.3, -0.25) is 4.84 Å². The van der Waals surface area contributed by atoms with Gasteiger partial charge >= 0.3 is 7.41 Å². The molecular formula is C3H4BN2O. The van der Waals surface area contributed by atoms with E-state index in [-0.39, 0.29) is 0 Å². The Morgan fingerprint density at radius 3 is 3.00 bits per heavy atom. The first-order valence-electron chi connectivity index (χ1n) is 2.08. The molecule has 0 unspecified atom stereocenters. The average Bonchev–Trinajstić information content (AvgIpc) is 2.14. The summed E-state index contributed by atoms with van der Waals surface area (Å²) in [5.74, 6) is 0. The van der Waals surface area contributed by atoms with Gasteiger partial charge in [0.05, 0.1) is 6.61 Å². The maximum absolute atomic E-state index is 8.09. The van der Waals surface area contributed by atoms with Crippen molar-refractivity contribution in [3.8, 4) is 6.19 Å². The van der Waals surface area contributed by atoms with Gasteiger partial charge in [-0.2, -0.15) is 5.26 Å². The summed E-state index contributed by atoms with van der Waals surface area (Å²) in [4.78, 5) is 5.89. The van der Waals surface area contributed by atoms with E-state index in [1.54, 1.807) is 7.41 Å². The van der Waals surface area contributed by atoms with E-state index in [9.17, 15) is 0 Å². The summed E-state index contributed by atoms with van der Waals surface area (Å²) in [5.41, 5.74) is 0. The van der Waals surface area contributed by atoms with Crippen LogP contribution in [0, 0.1) is 11.5 Å². The van der Waals surface area contributed by atoms with Crippen LogP contribution in [-0.4, -0.2) is 19.0 Å². The Hall–Kier alpha value is -0.685. The molecule has 0 spiro atoms. The summed E-state index contributed by atoms with van der Waals surface area (Å²) < 4.78 is 0. The zero-order chi connectivity index (χ0) is 5.11. The number of hydrogen-bond acceptors (Lipinski definition) is 3. The molecule has 0 N–H and O–H groups in total. The van der Waals surface area contributed by atoms with Gasteiger partial charge in [-0.15, -0.1) is 0 Å². The Kier molecular flexibility index (Phi) is 1.18. The molecule has 0 amide bonds. The van der Waals surface area contributed by atoms with Crippen molar-refractivity contribution in [1.82, 2.24) is 4.97 Å². The lowest BCUT2D eigenvalue weighted by atomic mass is 9.92. The second-order valence-corrected chi connectivity index (χ2v) is 1.23. The van der Waals surface area contributed by atoms with Crippen molar-refractivity contribution in [2.75, 3.05) is 6.61 Å². The predicted molar refractivity (Wildman–Crippen MR) is 24.0 cm³/mol. The monoisotopic (exact) mass is 95.0 g/mol. The summed E-state index contributed by atoms with van der Waals surface area (Å²) in [6.07, 6.45) is 2.67. The van der Waals surface area contributed by atoms with Crippen molar-refractivity contribution in [1.29, 1.82) is 5.26 Å². The highest BCUT2D eigenvalue weighted by Gasteiger charge is 2.11. The first kappa shape index (κ1) is 4.47. The van der Waals surface area contributed by atoms with E-state index in [1.807, 2.05) is 6.19 Å². The molecule has 0 aromatic carbocycles. The van der Waals surface area contributed by atoms with Crippen LogP contribution in [0.1, 0.15) is 0 Å². The van der Waals surface area contributed by atoms with Crippen LogP contribution in [-0.2, 0) is 4.84 Å². The summed E-state index contributed by atoms with van der Waals surface area (Å²) in [5, 5.41) is 8.09. The normalized spacial score (nSPS) is 18.4. The third kappa shape index (κ3) is 0.845.